The van der Waals surface area contributed by atoms with Crippen LogP contribution in [0.1, 0.15) is 25.0 Å². The Hall–Kier alpha value is -7.42. The van der Waals surface area contributed by atoms with Crippen molar-refractivity contribution in [1.29, 1.82) is 0 Å². The van der Waals surface area contributed by atoms with Crippen LogP contribution in [0, 0.1) is 0 Å². The van der Waals surface area contributed by atoms with Gasteiger partial charge in [0, 0.05) is 38.8 Å². The molecule has 59 heavy (non-hydrogen) atoms. The van der Waals surface area contributed by atoms with Crippen molar-refractivity contribution in [1.82, 2.24) is 4.57 Å². The number of aromatic nitrogens is 1. The predicted molar refractivity (Wildman–Crippen MR) is 249 cm³/mol. The zero-order valence-corrected chi connectivity index (χ0v) is 33.2. The van der Waals surface area contributed by atoms with Crippen LogP contribution in [0.2, 0.25) is 0 Å². The van der Waals surface area contributed by atoms with Gasteiger partial charge in [0.2, 0.25) is 0 Å². The molecule has 1 aromatic heterocycles. The minimum atomic E-state index is -0.0897. The molecule has 0 fully saturated rings. The summed E-state index contributed by atoms with van der Waals surface area (Å²) in [6.45, 7) is 4.70. The molecule has 1 aliphatic carbocycles. The van der Waals surface area contributed by atoms with E-state index in [2.05, 4.69) is 242 Å². The van der Waals surface area contributed by atoms with Crippen molar-refractivity contribution < 1.29 is 0 Å². The second kappa shape index (κ2) is 13.9. The number of anilines is 3. The van der Waals surface area contributed by atoms with Crippen molar-refractivity contribution in [2.45, 2.75) is 19.3 Å². The third-order valence-electron chi connectivity index (χ3n) is 12.4. The average Bonchev–Trinajstić information content (AvgIpc) is 3.76. The Labute approximate surface area is 345 Å². The van der Waals surface area contributed by atoms with Gasteiger partial charge in [0.15, 0.2) is 0 Å². The molecule has 9 aromatic carbocycles. The molecule has 11 rings (SSSR count). The molecule has 0 radical (unpaired) electrons. The molecule has 0 N–H and O–H groups in total. The van der Waals surface area contributed by atoms with Gasteiger partial charge in [0.1, 0.15) is 0 Å². The standard InChI is InChI=1S/C57H42N2/c1-57(2)51-20-11-9-19-49(51)56-52(57)21-13-23-55(56)58(46-33-28-41(29-34-46)39-14-5-3-6-15-39)47-35-30-42(31-36-47)40-24-26-43(27-25-40)44-32-37-54-50(38-44)48-18-10-12-22-53(48)59(54)45-16-7-4-8-17-45/h3-38H,1-2H3. The molecular weight excluding hydrogens is 713 g/mol. The number of nitrogens with zero attached hydrogens (tertiary/aromatic N) is 2. The summed E-state index contributed by atoms with van der Waals surface area (Å²) in [7, 11) is 0. The van der Waals surface area contributed by atoms with Gasteiger partial charge in [0.25, 0.3) is 0 Å². The highest BCUT2D eigenvalue weighted by Crippen LogP contribution is 2.54. The van der Waals surface area contributed by atoms with Crippen LogP contribution in [0.15, 0.2) is 218 Å². The summed E-state index contributed by atoms with van der Waals surface area (Å²) in [5.41, 5.74) is 19.5. The van der Waals surface area contributed by atoms with Gasteiger partial charge in [-0.1, -0.05) is 172 Å². The first-order valence-corrected chi connectivity index (χ1v) is 20.5. The molecule has 1 aliphatic rings. The molecule has 0 unspecified atom stereocenters. The van der Waals surface area contributed by atoms with Crippen molar-refractivity contribution in [3.8, 4) is 50.2 Å². The second-order valence-corrected chi connectivity index (χ2v) is 16.2. The monoisotopic (exact) mass is 754 g/mol. The highest BCUT2D eigenvalue weighted by Gasteiger charge is 2.37. The van der Waals surface area contributed by atoms with E-state index in [0.717, 1.165) is 11.4 Å². The van der Waals surface area contributed by atoms with E-state index in [0.29, 0.717) is 0 Å². The van der Waals surface area contributed by atoms with Crippen molar-refractivity contribution in [3.05, 3.63) is 230 Å². The Morgan fingerprint density at radius 1 is 0.373 bits per heavy atom. The highest BCUT2D eigenvalue weighted by molar-refractivity contribution is 6.10. The highest BCUT2D eigenvalue weighted by atomic mass is 15.1. The van der Waals surface area contributed by atoms with Gasteiger partial charge < -0.3 is 9.47 Å². The number of para-hydroxylation sites is 2. The zero-order valence-electron chi connectivity index (χ0n) is 33.2. The Kier molecular flexibility index (Phi) is 8.20. The number of hydrogen-bond acceptors (Lipinski definition) is 1. The summed E-state index contributed by atoms with van der Waals surface area (Å²) in [5.74, 6) is 0. The van der Waals surface area contributed by atoms with E-state index in [1.54, 1.807) is 0 Å². The van der Waals surface area contributed by atoms with Crippen LogP contribution in [0.25, 0.3) is 72.0 Å². The van der Waals surface area contributed by atoms with E-state index in [-0.39, 0.29) is 5.41 Å². The summed E-state index contributed by atoms with van der Waals surface area (Å²) in [6, 6.07) is 79.7. The van der Waals surface area contributed by atoms with Gasteiger partial charge in [-0.15, -0.1) is 0 Å². The molecule has 1 heterocycles. The summed E-state index contributed by atoms with van der Waals surface area (Å²) < 4.78 is 2.37. The van der Waals surface area contributed by atoms with Crippen molar-refractivity contribution in [3.63, 3.8) is 0 Å². The summed E-state index contributed by atoms with van der Waals surface area (Å²) >= 11 is 0. The normalized spacial score (nSPS) is 12.7. The maximum absolute atomic E-state index is 2.43. The Morgan fingerprint density at radius 2 is 0.864 bits per heavy atom. The van der Waals surface area contributed by atoms with Crippen LogP contribution >= 0.6 is 0 Å². The van der Waals surface area contributed by atoms with E-state index < -0.39 is 0 Å². The molecule has 0 spiro atoms. The Bertz CT molecular complexity index is 3140. The predicted octanol–water partition coefficient (Wildman–Crippen LogP) is 15.6. The number of hydrogen-bond donors (Lipinski definition) is 0. The third kappa shape index (κ3) is 5.79. The molecule has 0 atom stereocenters. The molecule has 0 aliphatic heterocycles. The minimum Gasteiger partial charge on any atom is -0.310 e. The summed E-state index contributed by atoms with van der Waals surface area (Å²) in [6.07, 6.45) is 0. The molecule has 0 saturated carbocycles. The molecule has 10 aromatic rings. The van der Waals surface area contributed by atoms with E-state index >= 15 is 0 Å². The maximum Gasteiger partial charge on any atom is 0.0543 e. The van der Waals surface area contributed by atoms with E-state index in [4.69, 9.17) is 0 Å². The SMILES string of the molecule is CC1(C)c2ccccc2-c2c(N(c3ccc(-c4ccccc4)cc3)c3ccc(-c4ccc(-c5ccc6c(c5)c5ccccc5n6-c5ccccc5)cc4)cc3)cccc21. The van der Waals surface area contributed by atoms with Gasteiger partial charge >= 0.3 is 0 Å². The van der Waals surface area contributed by atoms with Crippen LogP contribution in [0.4, 0.5) is 17.1 Å². The van der Waals surface area contributed by atoms with E-state index in [1.165, 1.54) is 88.8 Å². The molecule has 2 heteroatoms. The number of benzene rings is 9. The first-order chi connectivity index (χ1) is 29.0. The van der Waals surface area contributed by atoms with Crippen LogP contribution < -0.4 is 4.90 Å². The maximum atomic E-state index is 2.43. The lowest BCUT2D eigenvalue weighted by Gasteiger charge is -2.29. The quantitative estimate of drug-likeness (QED) is 0.157. The lowest BCUT2D eigenvalue weighted by atomic mass is 9.82. The summed E-state index contributed by atoms with van der Waals surface area (Å²) in [5, 5.41) is 2.52. The van der Waals surface area contributed by atoms with Crippen LogP contribution in [-0.2, 0) is 5.41 Å². The van der Waals surface area contributed by atoms with Crippen LogP contribution in [-0.4, -0.2) is 4.57 Å². The topological polar surface area (TPSA) is 8.17 Å². The zero-order chi connectivity index (χ0) is 39.5. The number of fused-ring (bicyclic) bond motifs is 6. The lowest BCUT2D eigenvalue weighted by Crippen LogP contribution is -2.16. The van der Waals surface area contributed by atoms with E-state index in [1.807, 2.05) is 0 Å². The average molecular weight is 755 g/mol. The van der Waals surface area contributed by atoms with Gasteiger partial charge in [-0.25, -0.2) is 0 Å². The summed E-state index contributed by atoms with van der Waals surface area (Å²) in [4.78, 5) is 2.43. The molecule has 2 nitrogen and oxygen atoms in total. The third-order valence-corrected chi connectivity index (χ3v) is 12.4. The Morgan fingerprint density at radius 3 is 1.54 bits per heavy atom. The van der Waals surface area contributed by atoms with Gasteiger partial charge in [-0.2, -0.15) is 0 Å². The fourth-order valence-electron chi connectivity index (χ4n) is 9.45. The molecule has 280 valence electrons. The molecule has 0 amide bonds. The van der Waals surface area contributed by atoms with Gasteiger partial charge in [-0.05, 0) is 111 Å². The van der Waals surface area contributed by atoms with Crippen molar-refractivity contribution >= 4 is 38.9 Å². The van der Waals surface area contributed by atoms with Gasteiger partial charge in [0.05, 0.1) is 16.7 Å². The van der Waals surface area contributed by atoms with Crippen molar-refractivity contribution in [2.75, 3.05) is 4.90 Å². The fraction of sp³-hybridized carbons (Fsp3) is 0.0526. The first kappa shape index (κ1) is 34.8. The minimum absolute atomic E-state index is 0.0897. The second-order valence-electron chi connectivity index (χ2n) is 16.2. The Balaban J connectivity index is 0.955. The van der Waals surface area contributed by atoms with Gasteiger partial charge in [-0.3, -0.25) is 0 Å². The number of rotatable bonds is 7. The van der Waals surface area contributed by atoms with Crippen molar-refractivity contribution in [2.24, 2.45) is 0 Å². The fourth-order valence-corrected chi connectivity index (χ4v) is 9.45. The molecular formula is C57H42N2. The lowest BCUT2D eigenvalue weighted by molar-refractivity contribution is 0.660. The van der Waals surface area contributed by atoms with E-state index in [9.17, 15) is 0 Å². The van der Waals surface area contributed by atoms with Crippen LogP contribution in [0.3, 0.4) is 0 Å². The molecule has 0 bridgehead atoms. The smallest absolute Gasteiger partial charge is 0.0543 e. The molecule has 0 saturated heterocycles. The largest absolute Gasteiger partial charge is 0.310 e. The van der Waals surface area contributed by atoms with Crippen LogP contribution in [0.5, 0.6) is 0 Å². The first-order valence-electron chi connectivity index (χ1n) is 20.5.